The normalized spacial score (nSPS) is 11.3. The molecule has 0 atom stereocenters. The van der Waals surface area contributed by atoms with E-state index in [4.69, 9.17) is 0 Å². The average Bonchev–Trinajstić information content (AvgIpc) is 3.05. The second-order valence-corrected chi connectivity index (χ2v) is 5.58. The standard InChI is InChI=1S/C18H16N4O/c23-18-16-4-2-1-3-15(16)14(10-20-18)9-19-8-12-5-6-13-11-21-22-17(13)7-12/h1-7,10-11,19H,8-9H2,(H,20,23)(H,21,22). The molecule has 0 amide bonds. The highest BCUT2D eigenvalue weighted by Crippen LogP contribution is 2.15. The Balaban J connectivity index is 1.53. The van der Waals surface area contributed by atoms with Crippen LogP contribution in [0.15, 0.2) is 59.7 Å². The van der Waals surface area contributed by atoms with Gasteiger partial charge in [-0.25, -0.2) is 0 Å². The number of fused-ring (bicyclic) bond motifs is 2. The highest BCUT2D eigenvalue weighted by molar-refractivity contribution is 5.84. The molecule has 0 saturated heterocycles. The summed E-state index contributed by atoms with van der Waals surface area (Å²) in [6, 6.07) is 13.9. The number of rotatable bonds is 4. The van der Waals surface area contributed by atoms with Gasteiger partial charge in [0, 0.05) is 30.1 Å². The minimum absolute atomic E-state index is 0.0472. The Bertz CT molecular complexity index is 1030. The van der Waals surface area contributed by atoms with Crippen LogP contribution in [0.2, 0.25) is 0 Å². The van der Waals surface area contributed by atoms with E-state index in [-0.39, 0.29) is 5.56 Å². The molecule has 0 spiro atoms. The number of aromatic nitrogens is 3. The van der Waals surface area contributed by atoms with Gasteiger partial charge in [-0.1, -0.05) is 30.3 Å². The van der Waals surface area contributed by atoms with Gasteiger partial charge in [-0.05, 0) is 28.6 Å². The third-order valence-corrected chi connectivity index (χ3v) is 4.05. The van der Waals surface area contributed by atoms with Gasteiger partial charge in [0.15, 0.2) is 0 Å². The Morgan fingerprint density at radius 1 is 1.04 bits per heavy atom. The smallest absolute Gasteiger partial charge is 0.255 e. The Labute approximate surface area is 132 Å². The summed E-state index contributed by atoms with van der Waals surface area (Å²) in [5, 5.41) is 13.3. The molecule has 114 valence electrons. The maximum atomic E-state index is 11.8. The van der Waals surface area contributed by atoms with Crippen molar-refractivity contribution in [3.05, 3.63) is 76.3 Å². The molecule has 0 unspecified atom stereocenters. The van der Waals surface area contributed by atoms with Crippen LogP contribution in [-0.2, 0) is 13.1 Å². The van der Waals surface area contributed by atoms with Crippen molar-refractivity contribution in [2.45, 2.75) is 13.1 Å². The second-order valence-electron chi connectivity index (χ2n) is 5.58. The predicted octanol–water partition coefficient (Wildman–Crippen LogP) is 2.69. The number of pyridine rings is 1. The molecule has 0 aliphatic rings. The third kappa shape index (κ3) is 2.62. The van der Waals surface area contributed by atoms with Crippen molar-refractivity contribution in [1.29, 1.82) is 0 Å². The minimum Gasteiger partial charge on any atom is -0.328 e. The molecule has 2 heterocycles. The van der Waals surface area contributed by atoms with Crippen LogP contribution < -0.4 is 10.9 Å². The van der Waals surface area contributed by atoms with Crippen LogP contribution in [-0.4, -0.2) is 15.2 Å². The zero-order valence-corrected chi connectivity index (χ0v) is 12.5. The van der Waals surface area contributed by atoms with Gasteiger partial charge in [-0.3, -0.25) is 9.89 Å². The summed E-state index contributed by atoms with van der Waals surface area (Å²) in [7, 11) is 0. The van der Waals surface area contributed by atoms with Crippen molar-refractivity contribution in [2.75, 3.05) is 0 Å². The molecular formula is C18H16N4O. The van der Waals surface area contributed by atoms with Crippen LogP contribution in [0.25, 0.3) is 21.7 Å². The quantitative estimate of drug-likeness (QED) is 0.543. The lowest BCUT2D eigenvalue weighted by Gasteiger charge is -2.08. The first-order valence-electron chi connectivity index (χ1n) is 7.53. The van der Waals surface area contributed by atoms with Crippen molar-refractivity contribution in [2.24, 2.45) is 0 Å². The fourth-order valence-electron chi connectivity index (χ4n) is 2.85. The van der Waals surface area contributed by atoms with E-state index in [0.29, 0.717) is 6.54 Å². The number of benzene rings is 2. The lowest BCUT2D eigenvalue weighted by molar-refractivity contribution is 0.695. The Morgan fingerprint density at radius 2 is 1.91 bits per heavy atom. The third-order valence-electron chi connectivity index (χ3n) is 4.05. The average molecular weight is 304 g/mol. The van der Waals surface area contributed by atoms with Gasteiger partial charge in [0.2, 0.25) is 0 Å². The fraction of sp³-hybridized carbons (Fsp3) is 0.111. The molecule has 3 N–H and O–H groups in total. The van der Waals surface area contributed by atoms with Crippen LogP contribution in [0.1, 0.15) is 11.1 Å². The van der Waals surface area contributed by atoms with Crippen LogP contribution >= 0.6 is 0 Å². The molecule has 23 heavy (non-hydrogen) atoms. The van der Waals surface area contributed by atoms with Gasteiger partial charge in [0.05, 0.1) is 11.7 Å². The van der Waals surface area contributed by atoms with Crippen molar-refractivity contribution >= 4 is 21.7 Å². The first kappa shape index (κ1) is 13.7. The van der Waals surface area contributed by atoms with E-state index in [2.05, 4.69) is 38.7 Å². The highest BCUT2D eigenvalue weighted by Gasteiger charge is 2.04. The summed E-state index contributed by atoms with van der Waals surface area (Å²) in [6.07, 6.45) is 3.61. The number of H-pyrrole nitrogens is 2. The van der Waals surface area contributed by atoms with Crippen molar-refractivity contribution in [3.63, 3.8) is 0 Å². The van der Waals surface area contributed by atoms with Crippen LogP contribution in [0.4, 0.5) is 0 Å². The Hall–Kier alpha value is -2.92. The lowest BCUT2D eigenvalue weighted by Crippen LogP contribution is -2.15. The van der Waals surface area contributed by atoms with Gasteiger partial charge in [0.1, 0.15) is 0 Å². The molecule has 0 aliphatic heterocycles. The number of hydrogen-bond acceptors (Lipinski definition) is 3. The van der Waals surface area contributed by atoms with E-state index in [9.17, 15) is 4.79 Å². The van der Waals surface area contributed by atoms with Crippen molar-refractivity contribution < 1.29 is 0 Å². The lowest BCUT2D eigenvalue weighted by atomic mass is 10.1. The molecule has 4 aromatic rings. The largest absolute Gasteiger partial charge is 0.328 e. The molecular weight excluding hydrogens is 288 g/mol. The zero-order valence-electron chi connectivity index (χ0n) is 12.5. The Kier molecular flexibility index (Phi) is 3.40. The SMILES string of the molecule is O=c1[nH]cc(CNCc2ccc3cn[nH]c3c2)c2ccccc12. The molecule has 0 saturated carbocycles. The van der Waals surface area contributed by atoms with Crippen molar-refractivity contribution in [3.8, 4) is 0 Å². The summed E-state index contributed by atoms with van der Waals surface area (Å²) < 4.78 is 0. The van der Waals surface area contributed by atoms with Crippen molar-refractivity contribution in [1.82, 2.24) is 20.5 Å². The topological polar surface area (TPSA) is 73.6 Å². The summed E-state index contributed by atoms with van der Waals surface area (Å²) in [4.78, 5) is 14.6. The molecule has 5 nitrogen and oxygen atoms in total. The Morgan fingerprint density at radius 3 is 2.83 bits per heavy atom. The maximum absolute atomic E-state index is 11.8. The maximum Gasteiger partial charge on any atom is 0.255 e. The molecule has 0 fully saturated rings. The van der Waals surface area contributed by atoms with Crippen LogP contribution in [0, 0.1) is 0 Å². The number of hydrogen-bond donors (Lipinski definition) is 3. The summed E-state index contributed by atoms with van der Waals surface area (Å²) in [5.41, 5.74) is 3.27. The van der Waals surface area contributed by atoms with Gasteiger partial charge < -0.3 is 10.3 Å². The molecule has 2 aromatic carbocycles. The van der Waals surface area contributed by atoms with Crippen LogP contribution in [0.5, 0.6) is 0 Å². The predicted molar refractivity (Wildman–Crippen MR) is 91.2 cm³/mol. The van der Waals surface area contributed by atoms with Gasteiger partial charge >= 0.3 is 0 Å². The monoisotopic (exact) mass is 304 g/mol. The van der Waals surface area contributed by atoms with E-state index >= 15 is 0 Å². The number of nitrogens with one attached hydrogen (secondary N) is 3. The molecule has 0 aliphatic carbocycles. The van der Waals surface area contributed by atoms with Crippen LogP contribution in [0.3, 0.4) is 0 Å². The van der Waals surface area contributed by atoms with Gasteiger partial charge in [-0.15, -0.1) is 0 Å². The van der Waals surface area contributed by atoms with E-state index in [1.807, 2.05) is 30.5 Å². The molecule has 5 heteroatoms. The molecule has 0 bridgehead atoms. The summed E-state index contributed by atoms with van der Waals surface area (Å²) in [6.45, 7) is 1.45. The second kappa shape index (κ2) is 5.70. The number of nitrogens with zero attached hydrogens (tertiary/aromatic N) is 1. The molecule has 4 rings (SSSR count). The molecule has 2 aromatic heterocycles. The summed E-state index contributed by atoms with van der Waals surface area (Å²) >= 11 is 0. The van der Waals surface area contributed by atoms with E-state index < -0.39 is 0 Å². The minimum atomic E-state index is -0.0472. The summed E-state index contributed by atoms with van der Waals surface area (Å²) in [5.74, 6) is 0. The van der Waals surface area contributed by atoms with Gasteiger partial charge in [0.25, 0.3) is 5.56 Å². The number of aromatic amines is 2. The highest BCUT2D eigenvalue weighted by atomic mass is 16.1. The fourth-order valence-corrected chi connectivity index (χ4v) is 2.85. The first-order chi connectivity index (χ1) is 11.3. The van der Waals surface area contributed by atoms with E-state index in [1.54, 1.807) is 6.20 Å². The zero-order chi connectivity index (χ0) is 15.6. The van der Waals surface area contributed by atoms with E-state index in [0.717, 1.165) is 33.8 Å². The van der Waals surface area contributed by atoms with E-state index in [1.165, 1.54) is 5.56 Å². The van der Waals surface area contributed by atoms with Gasteiger partial charge in [-0.2, -0.15) is 5.10 Å². The first-order valence-corrected chi connectivity index (χ1v) is 7.53. The molecule has 0 radical (unpaired) electrons.